The monoisotopic (exact) mass is 280 g/mol. The van der Waals surface area contributed by atoms with Crippen LogP contribution in [0.5, 0.6) is 0 Å². The summed E-state index contributed by atoms with van der Waals surface area (Å²) in [5.74, 6) is 0. The molecule has 0 aromatic carbocycles. The third-order valence-electron chi connectivity index (χ3n) is 2.46. The van der Waals surface area contributed by atoms with Gasteiger partial charge in [0.05, 0.1) is 5.69 Å². The Morgan fingerprint density at radius 3 is 2.75 bits per heavy atom. The first-order valence-electron chi connectivity index (χ1n) is 6.73. The molecule has 0 radical (unpaired) electrons. The first kappa shape index (κ1) is 16.2. The van der Waals surface area contributed by atoms with E-state index in [0.717, 1.165) is 12.2 Å². The van der Waals surface area contributed by atoms with E-state index in [2.05, 4.69) is 27.8 Å². The average molecular weight is 280 g/mol. The summed E-state index contributed by atoms with van der Waals surface area (Å²) in [7, 11) is 0. The number of carbonyl (C=O) groups excluding carboxylic acids is 1. The fourth-order valence-corrected chi connectivity index (χ4v) is 1.49. The van der Waals surface area contributed by atoms with Gasteiger partial charge in [-0.2, -0.15) is 5.10 Å². The number of aromatic nitrogens is 2. The largest absolute Gasteiger partial charge is 0.444 e. The summed E-state index contributed by atoms with van der Waals surface area (Å²) in [6.45, 7) is 8.74. The summed E-state index contributed by atoms with van der Waals surface area (Å²) in [4.78, 5) is 11.4. The molecule has 0 aliphatic carbocycles. The molecule has 1 aromatic rings. The molecule has 1 heterocycles. The number of hydrogen-bond donors (Lipinski definition) is 3. The maximum absolute atomic E-state index is 11.4. The van der Waals surface area contributed by atoms with Crippen LogP contribution in [-0.4, -0.2) is 35.0 Å². The zero-order valence-corrected chi connectivity index (χ0v) is 12.6. The van der Waals surface area contributed by atoms with Gasteiger partial charge in [-0.1, -0.05) is 12.2 Å². The Morgan fingerprint density at radius 2 is 2.15 bits per heavy atom. The highest BCUT2D eigenvalue weighted by Crippen LogP contribution is 2.07. The molecule has 0 saturated carbocycles. The zero-order chi connectivity index (χ0) is 15.0. The van der Waals surface area contributed by atoms with Crippen molar-refractivity contribution >= 4 is 6.09 Å². The quantitative estimate of drug-likeness (QED) is 0.698. The van der Waals surface area contributed by atoms with Gasteiger partial charge in [0, 0.05) is 25.3 Å². The smallest absolute Gasteiger partial charge is 0.407 e. The Kier molecular flexibility index (Phi) is 6.24. The van der Waals surface area contributed by atoms with Crippen LogP contribution < -0.4 is 10.6 Å². The first-order valence-corrected chi connectivity index (χ1v) is 6.73. The molecule has 112 valence electrons. The fourth-order valence-electron chi connectivity index (χ4n) is 1.49. The van der Waals surface area contributed by atoms with Crippen LogP contribution in [0.25, 0.3) is 0 Å². The van der Waals surface area contributed by atoms with E-state index in [1.54, 1.807) is 6.20 Å². The second-order valence-electron chi connectivity index (χ2n) is 5.50. The molecule has 0 saturated heterocycles. The molecule has 0 bridgehead atoms. The zero-order valence-electron chi connectivity index (χ0n) is 12.6. The van der Waals surface area contributed by atoms with Crippen LogP contribution in [0.4, 0.5) is 4.79 Å². The summed E-state index contributed by atoms with van der Waals surface area (Å²) in [6, 6.07) is 2.15. The van der Waals surface area contributed by atoms with Crippen LogP contribution in [0.1, 0.15) is 39.4 Å². The second-order valence-corrected chi connectivity index (χ2v) is 5.50. The van der Waals surface area contributed by atoms with Crippen molar-refractivity contribution in [1.82, 2.24) is 20.8 Å². The van der Waals surface area contributed by atoms with Crippen molar-refractivity contribution in [1.29, 1.82) is 0 Å². The Balaban J connectivity index is 2.12. The van der Waals surface area contributed by atoms with Crippen molar-refractivity contribution in [2.24, 2.45) is 0 Å². The molecule has 1 unspecified atom stereocenters. The molecule has 0 spiro atoms. The summed E-state index contributed by atoms with van der Waals surface area (Å²) in [5, 5.41) is 12.8. The Morgan fingerprint density at radius 1 is 1.45 bits per heavy atom. The molecular formula is C14H24N4O2. The molecule has 0 aliphatic rings. The van der Waals surface area contributed by atoms with E-state index in [-0.39, 0.29) is 6.04 Å². The molecule has 20 heavy (non-hydrogen) atoms. The lowest BCUT2D eigenvalue weighted by atomic mass is 10.2. The molecule has 6 nitrogen and oxygen atoms in total. The highest BCUT2D eigenvalue weighted by molar-refractivity contribution is 5.67. The molecule has 1 aromatic heterocycles. The number of aromatic amines is 1. The van der Waals surface area contributed by atoms with Crippen molar-refractivity contribution in [2.75, 3.05) is 13.1 Å². The number of nitrogens with zero attached hydrogens (tertiary/aromatic N) is 1. The van der Waals surface area contributed by atoms with Gasteiger partial charge in [0.1, 0.15) is 5.60 Å². The van der Waals surface area contributed by atoms with Crippen LogP contribution in [-0.2, 0) is 4.74 Å². The number of alkyl carbamates (subject to hydrolysis) is 1. The Hall–Kier alpha value is -1.82. The lowest BCUT2D eigenvalue weighted by Gasteiger charge is -2.19. The molecule has 0 fully saturated rings. The van der Waals surface area contributed by atoms with Gasteiger partial charge >= 0.3 is 6.09 Å². The SMILES string of the molecule is CC(NC/C=C/CNC(=O)OC(C)(C)C)c1ccn[nH]1. The maximum Gasteiger partial charge on any atom is 0.407 e. The standard InChI is InChI=1S/C14H24N4O2/c1-11(12-7-10-17-18-12)15-8-5-6-9-16-13(19)20-14(2,3)4/h5-7,10-11,15H,8-9H2,1-4H3,(H,16,19)(H,17,18)/b6-5+. The molecule has 3 N–H and O–H groups in total. The van der Waals surface area contributed by atoms with Gasteiger partial charge in [0.15, 0.2) is 0 Å². The number of hydrogen-bond acceptors (Lipinski definition) is 4. The third kappa shape index (κ3) is 6.94. The predicted molar refractivity (Wildman–Crippen MR) is 78.4 cm³/mol. The molecule has 1 amide bonds. The van der Waals surface area contributed by atoms with E-state index in [9.17, 15) is 4.79 Å². The van der Waals surface area contributed by atoms with Gasteiger partial charge in [-0.3, -0.25) is 5.10 Å². The van der Waals surface area contributed by atoms with E-state index < -0.39 is 11.7 Å². The number of ether oxygens (including phenoxy) is 1. The van der Waals surface area contributed by atoms with Gasteiger partial charge in [0.25, 0.3) is 0 Å². The number of carbonyl (C=O) groups is 1. The van der Waals surface area contributed by atoms with E-state index in [0.29, 0.717) is 6.54 Å². The van der Waals surface area contributed by atoms with Crippen molar-refractivity contribution in [2.45, 2.75) is 39.3 Å². The molecule has 1 atom stereocenters. The van der Waals surface area contributed by atoms with E-state index in [1.807, 2.05) is 39.0 Å². The molecule has 1 rings (SSSR count). The van der Waals surface area contributed by atoms with E-state index in [4.69, 9.17) is 4.74 Å². The number of nitrogens with one attached hydrogen (secondary N) is 3. The fraction of sp³-hybridized carbons (Fsp3) is 0.571. The van der Waals surface area contributed by atoms with Crippen LogP contribution in [0, 0.1) is 0 Å². The Labute approximate surface area is 120 Å². The van der Waals surface area contributed by atoms with Gasteiger partial charge < -0.3 is 15.4 Å². The van der Waals surface area contributed by atoms with Crippen molar-refractivity contribution in [3.63, 3.8) is 0 Å². The van der Waals surface area contributed by atoms with Crippen molar-refractivity contribution in [3.8, 4) is 0 Å². The van der Waals surface area contributed by atoms with Crippen molar-refractivity contribution < 1.29 is 9.53 Å². The average Bonchev–Trinajstić information content (AvgIpc) is 2.84. The van der Waals surface area contributed by atoms with Crippen LogP contribution in [0.2, 0.25) is 0 Å². The summed E-state index contributed by atoms with van der Waals surface area (Å²) >= 11 is 0. The molecular weight excluding hydrogens is 256 g/mol. The number of rotatable bonds is 6. The minimum atomic E-state index is -0.463. The third-order valence-corrected chi connectivity index (χ3v) is 2.46. The first-order chi connectivity index (χ1) is 9.38. The lowest BCUT2D eigenvalue weighted by molar-refractivity contribution is 0.0534. The number of amides is 1. The van der Waals surface area contributed by atoms with Crippen LogP contribution in [0.15, 0.2) is 24.4 Å². The molecule has 0 aliphatic heterocycles. The summed E-state index contributed by atoms with van der Waals surface area (Å²) in [5.41, 5.74) is 0.583. The van der Waals surface area contributed by atoms with E-state index in [1.165, 1.54) is 0 Å². The minimum Gasteiger partial charge on any atom is -0.444 e. The second kappa shape index (κ2) is 7.69. The van der Waals surface area contributed by atoms with E-state index >= 15 is 0 Å². The highest BCUT2D eigenvalue weighted by Gasteiger charge is 2.14. The normalized spacial score (nSPS) is 13.4. The maximum atomic E-state index is 11.4. The van der Waals surface area contributed by atoms with Gasteiger partial charge in [-0.15, -0.1) is 0 Å². The minimum absolute atomic E-state index is 0.209. The van der Waals surface area contributed by atoms with Gasteiger partial charge in [0.2, 0.25) is 0 Å². The summed E-state index contributed by atoms with van der Waals surface area (Å²) in [6.07, 6.45) is 5.18. The topological polar surface area (TPSA) is 79.0 Å². The summed E-state index contributed by atoms with van der Waals surface area (Å²) < 4.78 is 5.12. The molecule has 6 heteroatoms. The predicted octanol–water partition coefficient (Wildman–Crippen LogP) is 2.14. The van der Waals surface area contributed by atoms with Crippen LogP contribution >= 0.6 is 0 Å². The Bertz CT molecular complexity index is 421. The van der Waals surface area contributed by atoms with Crippen LogP contribution in [0.3, 0.4) is 0 Å². The lowest BCUT2D eigenvalue weighted by Crippen LogP contribution is -2.32. The van der Waals surface area contributed by atoms with Crippen molar-refractivity contribution in [3.05, 3.63) is 30.1 Å². The highest BCUT2D eigenvalue weighted by atomic mass is 16.6. The van der Waals surface area contributed by atoms with Gasteiger partial charge in [-0.25, -0.2) is 4.79 Å². The van der Waals surface area contributed by atoms with Gasteiger partial charge in [-0.05, 0) is 33.8 Å². The number of H-pyrrole nitrogens is 1.